The van der Waals surface area contributed by atoms with Crippen LogP contribution in [0.5, 0.6) is 0 Å². The molecule has 0 radical (unpaired) electrons. The van der Waals surface area contributed by atoms with E-state index in [0.29, 0.717) is 0 Å². The first-order valence-corrected chi connectivity index (χ1v) is 4.19. The minimum Gasteiger partial charge on any atom is -0.220 e. The van der Waals surface area contributed by atoms with Gasteiger partial charge in [-0.05, 0) is 6.42 Å². The predicted molar refractivity (Wildman–Crippen MR) is 44.4 cm³/mol. The summed E-state index contributed by atoms with van der Waals surface area (Å²) in [7, 11) is 0. The molecular weight excluding hydrogens is 189 g/mol. The molecule has 1 atom stereocenters. The van der Waals surface area contributed by atoms with Crippen LogP contribution in [0.25, 0.3) is 0 Å². The van der Waals surface area contributed by atoms with Gasteiger partial charge in [0, 0.05) is 5.41 Å². The van der Waals surface area contributed by atoms with Gasteiger partial charge in [0.2, 0.25) is 5.13 Å². The molecule has 0 saturated heterocycles. The van der Waals surface area contributed by atoms with Crippen molar-refractivity contribution in [3.8, 4) is 0 Å². The fourth-order valence-corrected chi connectivity index (χ4v) is 1.05. The van der Waals surface area contributed by atoms with Crippen molar-refractivity contribution >= 4 is 11.6 Å². The first-order valence-electron chi connectivity index (χ1n) is 3.82. The van der Waals surface area contributed by atoms with E-state index in [1.54, 1.807) is 0 Å². The number of rotatable bonds is 2. The van der Waals surface area contributed by atoms with E-state index in [4.69, 9.17) is 11.6 Å². The van der Waals surface area contributed by atoms with Crippen LogP contribution in [0.2, 0.25) is 0 Å². The molecule has 0 aromatic rings. The molecule has 0 fully saturated rings. The summed E-state index contributed by atoms with van der Waals surface area (Å²) in [5.41, 5.74) is -1.46. The molecule has 0 saturated carbocycles. The number of hydrogen-bond donors (Lipinski definition) is 0. The average Bonchev–Trinajstić information content (AvgIpc) is 1.85. The average molecular weight is 203 g/mol. The van der Waals surface area contributed by atoms with Gasteiger partial charge in [-0.1, -0.05) is 39.3 Å². The van der Waals surface area contributed by atoms with Crippen molar-refractivity contribution in [2.24, 2.45) is 5.41 Å². The molecule has 0 aliphatic heterocycles. The molecule has 0 aromatic heterocycles. The van der Waals surface area contributed by atoms with Crippen LogP contribution < -0.4 is 0 Å². The third kappa shape index (κ3) is 1.87. The summed E-state index contributed by atoms with van der Waals surface area (Å²) in [4.78, 5) is 0. The second-order valence-electron chi connectivity index (χ2n) is 3.88. The topological polar surface area (TPSA) is 0 Å². The van der Waals surface area contributed by atoms with E-state index in [9.17, 15) is 13.2 Å². The summed E-state index contributed by atoms with van der Waals surface area (Å²) in [6.07, 6.45) is -0.404. The van der Waals surface area contributed by atoms with E-state index in [1.807, 2.05) is 0 Å². The first kappa shape index (κ1) is 12.1. The molecule has 0 aliphatic carbocycles. The maximum Gasteiger partial charge on any atom is 0.299 e. The van der Waals surface area contributed by atoms with Gasteiger partial charge in [0.25, 0.3) is 5.92 Å². The summed E-state index contributed by atoms with van der Waals surface area (Å²) < 4.78 is 39.5. The standard InChI is InChI=1S/C8H14ClF3/c1-5-7(9,10)8(11,12)6(2,3)4/h5H2,1-4H3. The van der Waals surface area contributed by atoms with Gasteiger partial charge in [0.05, 0.1) is 0 Å². The predicted octanol–water partition coefficient (Wildman–Crippen LogP) is 3.98. The molecule has 0 nitrogen and oxygen atoms in total. The van der Waals surface area contributed by atoms with Crippen molar-refractivity contribution in [2.75, 3.05) is 0 Å². The van der Waals surface area contributed by atoms with E-state index in [1.165, 1.54) is 27.7 Å². The molecule has 0 bridgehead atoms. The van der Waals surface area contributed by atoms with E-state index in [2.05, 4.69) is 0 Å². The SMILES string of the molecule is CCC(F)(Cl)C(F)(F)C(C)(C)C. The molecule has 0 amide bonds. The highest BCUT2D eigenvalue weighted by molar-refractivity contribution is 6.23. The Bertz CT molecular complexity index is 158. The molecule has 74 valence electrons. The lowest BCUT2D eigenvalue weighted by atomic mass is 9.84. The van der Waals surface area contributed by atoms with Gasteiger partial charge in [-0.15, -0.1) is 0 Å². The van der Waals surface area contributed by atoms with Crippen LogP contribution in [-0.2, 0) is 0 Å². The Labute approximate surface area is 76.1 Å². The third-order valence-corrected chi connectivity index (χ3v) is 2.35. The molecule has 12 heavy (non-hydrogen) atoms. The Morgan fingerprint density at radius 2 is 1.42 bits per heavy atom. The highest BCUT2D eigenvalue weighted by Crippen LogP contribution is 2.49. The molecule has 1 unspecified atom stereocenters. The summed E-state index contributed by atoms with van der Waals surface area (Å²) >= 11 is 5.08. The normalized spacial score (nSPS) is 19.0. The largest absolute Gasteiger partial charge is 0.299 e. The quantitative estimate of drug-likeness (QED) is 0.594. The molecular formula is C8H14ClF3. The zero-order valence-electron chi connectivity index (χ0n) is 7.72. The number of hydrogen-bond acceptors (Lipinski definition) is 0. The summed E-state index contributed by atoms with van der Waals surface area (Å²) in [5, 5.41) is -2.94. The Balaban J connectivity index is 4.85. The fraction of sp³-hybridized carbons (Fsp3) is 1.00. The van der Waals surface area contributed by atoms with Crippen LogP contribution in [0.3, 0.4) is 0 Å². The fourth-order valence-electron chi connectivity index (χ4n) is 0.771. The minimum atomic E-state index is -3.52. The number of alkyl halides is 4. The van der Waals surface area contributed by atoms with E-state index < -0.39 is 22.9 Å². The van der Waals surface area contributed by atoms with E-state index in [0.717, 1.165) is 0 Å². The zero-order chi connectivity index (χ0) is 10.2. The van der Waals surface area contributed by atoms with Crippen LogP contribution in [0, 0.1) is 5.41 Å². The van der Waals surface area contributed by atoms with Crippen LogP contribution in [0.4, 0.5) is 13.2 Å². The van der Waals surface area contributed by atoms with Crippen molar-refractivity contribution < 1.29 is 13.2 Å². The molecule has 0 aliphatic rings. The Morgan fingerprint density at radius 3 is 1.50 bits per heavy atom. The van der Waals surface area contributed by atoms with Crippen molar-refractivity contribution in [3.05, 3.63) is 0 Å². The van der Waals surface area contributed by atoms with Crippen molar-refractivity contribution in [1.29, 1.82) is 0 Å². The molecule has 0 heterocycles. The number of halogens is 4. The van der Waals surface area contributed by atoms with Crippen LogP contribution in [-0.4, -0.2) is 11.1 Å². The first-order chi connectivity index (χ1) is 5.06. The molecule has 0 rings (SSSR count). The van der Waals surface area contributed by atoms with Gasteiger partial charge in [0.1, 0.15) is 0 Å². The van der Waals surface area contributed by atoms with Gasteiger partial charge in [-0.2, -0.15) is 0 Å². The van der Waals surface area contributed by atoms with Gasteiger partial charge in [-0.3, -0.25) is 0 Å². The molecule has 0 aromatic carbocycles. The summed E-state index contributed by atoms with van der Waals surface area (Å²) in [6.45, 7) is 5.09. The highest BCUT2D eigenvalue weighted by atomic mass is 35.5. The lowest BCUT2D eigenvalue weighted by Crippen LogP contribution is -2.48. The van der Waals surface area contributed by atoms with Crippen LogP contribution >= 0.6 is 11.6 Å². The van der Waals surface area contributed by atoms with Gasteiger partial charge in [-0.25, -0.2) is 13.2 Å². The maximum atomic E-state index is 13.2. The van der Waals surface area contributed by atoms with Crippen LogP contribution in [0.1, 0.15) is 34.1 Å². The van der Waals surface area contributed by atoms with E-state index >= 15 is 0 Å². The second kappa shape index (κ2) is 3.09. The van der Waals surface area contributed by atoms with Crippen molar-refractivity contribution in [1.82, 2.24) is 0 Å². The molecule has 4 heteroatoms. The maximum absolute atomic E-state index is 13.2. The van der Waals surface area contributed by atoms with Gasteiger partial charge >= 0.3 is 0 Å². The Kier molecular flexibility index (Phi) is 3.11. The smallest absolute Gasteiger partial charge is 0.220 e. The Morgan fingerprint density at radius 1 is 1.08 bits per heavy atom. The zero-order valence-corrected chi connectivity index (χ0v) is 8.47. The lowest BCUT2D eigenvalue weighted by molar-refractivity contribution is -0.168. The van der Waals surface area contributed by atoms with Gasteiger partial charge < -0.3 is 0 Å². The van der Waals surface area contributed by atoms with E-state index in [-0.39, 0.29) is 0 Å². The van der Waals surface area contributed by atoms with Crippen molar-refractivity contribution in [2.45, 2.75) is 45.2 Å². The highest BCUT2D eigenvalue weighted by Gasteiger charge is 2.59. The summed E-state index contributed by atoms with van der Waals surface area (Å²) in [6, 6.07) is 0. The third-order valence-electron chi connectivity index (χ3n) is 1.85. The monoisotopic (exact) mass is 202 g/mol. The van der Waals surface area contributed by atoms with Gasteiger partial charge in [0.15, 0.2) is 0 Å². The van der Waals surface area contributed by atoms with Crippen LogP contribution in [0.15, 0.2) is 0 Å². The molecule has 0 spiro atoms. The van der Waals surface area contributed by atoms with Crippen molar-refractivity contribution in [3.63, 3.8) is 0 Å². The minimum absolute atomic E-state index is 0.404. The second-order valence-corrected chi connectivity index (χ2v) is 4.48. The summed E-state index contributed by atoms with van der Waals surface area (Å²) in [5.74, 6) is -3.52. The Hall–Kier alpha value is 0.0800. The lowest BCUT2D eigenvalue weighted by Gasteiger charge is -2.37. The molecule has 0 N–H and O–H groups in total.